The molecular weight excluding hydrogens is 332 g/mol. The van der Waals surface area contributed by atoms with Crippen LogP contribution in [0.4, 0.5) is 0 Å². The summed E-state index contributed by atoms with van der Waals surface area (Å²) in [7, 11) is 1.62. The summed E-state index contributed by atoms with van der Waals surface area (Å²) in [4.78, 5) is 12.3. The van der Waals surface area contributed by atoms with Gasteiger partial charge in [0.2, 0.25) is 0 Å². The Morgan fingerprint density at radius 1 is 1.24 bits per heavy atom. The van der Waals surface area contributed by atoms with Crippen molar-refractivity contribution in [3.63, 3.8) is 0 Å². The van der Waals surface area contributed by atoms with Crippen LogP contribution in [0.25, 0.3) is 0 Å². The smallest absolute Gasteiger partial charge is 0.170 e. The second-order valence-electron chi connectivity index (χ2n) is 5.13. The monoisotopic (exact) mass is 346 g/mol. The minimum Gasteiger partial charge on any atom is -0.496 e. The van der Waals surface area contributed by atoms with E-state index in [0.717, 1.165) is 21.3 Å². The molecule has 0 fully saturated rings. The van der Waals surface area contributed by atoms with Gasteiger partial charge in [-0.15, -0.1) is 0 Å². The van der Waals surface area contributed by atoms with Crippen LogP contribution in [0.5, 0.6) is 11.5 Å². The third kappa shape index (κ3) is 2.68. The lowest BCUT2D eigenvalue weighted by Gasteiger charge is -2.26. The van der Waals surface area contributed by atoms with Crippen molar-refractivity contribution in [2.24, 2.45) is 0 Å². The molecular formula is C17H15BrO3. The van der Waals surface area contributed by atoms with Crippen molar-refractivity contribution in [1.29, 1.82) is 0 Å². The van der Waals surface area contributed by atoms with Crippen LogP contribution in [-0.2, 0) is 0 Å². The minimum absolute atomic E-state index is 0.122. The van der Waals surface area contributed by atoms with Crippen LogP contribution in [0.15, 0.2) is 40.9 Å². The van der Waals surface area contributed by atoms with E-state index < -0.39 is 0 Å². The van der Waals surface area contributed by atoms with E-state index in [1.54, 1.807) is 7.11 Å². The number of hydrogen-bond donors (Lipinski definition) is 0. The van der Waals surface area contributed by atoms with E-state index in [1.165, 1.54) is 0 Å². The van der Waals surface area contributed by atoms with Gasteiger partial charge in [-0.1, -0.05) is 17.7 Å². The molecule has 0 spiro atoms. The highest BCUT2D eigenvalue weighted by Crippen LogP contribution is 2.37. The fraction of sp³-hybridized carbons (Fsp3) is 0.235. The number of rotatable bonds is 2. The molecule has 1 aliphatic heterocycles. The highest BCUT2D eigenvalue weighted by atomic mass is 79.9. The highest BCUT2D eigenvalue weighted by molar-refractivity contribution is 9.10. The Bertz CT molecular complexity index is 709. The Balaban J connectivity index is 1.94. The zero-order valence-corrected chi connectivity index (χ0v) is 13.4. The third-order valence-electron chi connectivity index (χ3n) is 3.62. The van der Waals surface area contributed by atoms with Gasteiger partial charge in [-0.2, -0.15) is 0 Å². The molecule has 0 bridgehead atoms. The first-order valence-corrected chi connectivity index (χ1v) is 7.51. The van der Waals surface area contributed by atoms with Crippen LogP contribution in [0.1, 0.15) is 34.0 Å². The Morgan fingerprint density at radius 3 is 2.76 bits per heavy atom. The van der Waals surface area contributed by atoms with Crippen molar-refractivity contribution in [3.05, 3.63) is 57.6 Å². The highest BCUT2D eigenvalue weighted by Gasteiger charge is 2.28. The van der Waals surface area contributed by atoms with E-state index >= 15 is 0 Å². The zero-order valence-electron chi connectivity index (χ0n) is 11.9. The molecule has 1 atom stereocenters. The molecule has 21 heavy (non-hydrogen) atoms. The number of carbonyl (C=O) groups excluding carboxylic acids is 1. The standard InChI is InChI=1S/C17H15BrO3/c1-10-3-5-15-12(7-10)14(19)9-17(21-15)11-4-6-16(20-2)13(18)8-11/h3-8,17H,9H2,1-2H3. The number of ketones is 1. The van der Waals surface area contributed by atoms with Crippen molar-refractivity contribution in [2.45, 2.75) is 19.4 Å². The summed E-state index contributed by atoms with van der Waals surface area (Å²) in [5, 5.41) is 0. The quantitative estimate of drug-likeness (QED) is 0.804. The van der Waals surface area contributed by atoms with Crippen molar-refractivity contribution < 1.29 is 14.3 Å². The molecule has 0 aliphatic carbocycles. The molecule has 1 aliphatic rings. The number of benzene rings is 2. The van der Waals surface area contributed by atoms with Gasteiger partial charge in [0.25, 0.3) is 0 Å². The first kappa shape index (κ1) is 14.1. The van der Waals surface area contributed by atoms with Crippen LogP contribution in [-0.4, -0.2) is 12.9 Å². The van der Waals surface area contributed by atoms with E-state index in [4.69, 9.17) is 9.47 Å². The number of aryl methyl sites for hydroxylation is 1. The number of Topliss-reactive ketones (excluding diaryl/α,β-unsaturated/α-hetero) is 1. The summed E-state index contributed by atoms with van der Waals surface area (Å²) in [6.45, 7) is 1.97. The van der Waals surface area contributed by atoms with E-state index in [0.29, 0.717) is 17.7 Å². The summed E-state index contributed by atoms with van der Waals surface area (Å²) in [5.74, 6) is 1.54. The summed E-state index contributed by atoms with van der Waals surface area (Å²) in [6, 6.07) is 11.5. The molecule has 1 heterocycles. The number of methoxy groups -OCH3 is 1. The van der Waals surface area contributed by atoms with Crippen molar-refractivity contribution in [2.75, 3.05) is 7.11 Å². The molecule has 2 aromatic carbocycles. The van der Waals surface area contributed by atoms with Crippen LogP contribution in [0.2, 0.25) is 0 Å². The average molecular weight is 347 g/mol. The average Bonchev–Trinajstić information content (AvgIpc) is 2.47. The van der Waals surface area contributed by atoms with Crippen molar-refractivity contribution >= 4 is 21.7 Å². The van der Waals surface area contributed by atoms with Crippen LogP contribution in [0.3, 0.4) is 0 Å². The predicted molar refractivity (Wildman–Crippen MR) is 84.2 cm³/mol. The maximum Gasteiger partial charge on any atom is 0.170 e. The number of ether oxygens (including phenoxy) is 2. The summed E-state index contributed by atoms with van der Waals surface area (Å²) in [5.41, 5.74) is 2.71. The van der Waals surface area contributed by atoms with Crippen molar-refractivity contribution in [1.82, 2.24) is 0 Å². The Hall–Kier alpha value is -1.81. The first-order valence-electron chi connectivity index (χ1n) is 6.72. The molecule has 0 aromatic heterocycles. The second kappa shape index (κ2) is 5.53. The van der Waals surface area contributed by atoms with Gasteiger partial charge >= 0.3 is 0 Å². The largest absolute Gasteiger partial charge is 0.496 e. The van der Waals surface area contributed by atoms with Crippen LogP contribution in [0, 0.1) is 6.92 Å². The molecule has 1 unspecified atom stereocenters. The molecule has 3 rings (SSSR count). The number of fused-ring (bicyclic) bond motifs is 1. The van der Waals surface area contributed by atoms with Crippen molar-refractivity contribution in [3.8, 4) is 11.5 Å². The van der Waals surface area contributed by atoms with Gasteiger partial charge < -0.3 is 9.47 Å². The summed E-state index contributed by atoms with van der Waals surface area (Å²) >= 11 is 3.46. The summed E-state index contributed by atoms with van der Waals surface area (Å²) < 4.78 is 12.1. The topological polar surface area (TPSA) is 35.5 Å². The zero-order chi connectivity index (χ0) is 15.0. The molecule has 0 amide bonds. The predicted octanol–water partition coefficient (Wildman–Crippen LogP) is 4.47. The first-order chi connectivity index (χ1) is 10.1. The second-order valence-corrected chi connectivity index (χ2v) is 5.98. The Kier molecular flexibility index (Phi) is 3.72. The van der Waals surface area contributed by atoms with Gasteiger partial charge in [0.1, 0.15) is 17.6 Å². The Labute approximate surface area is 132 Å². The molecule has 0 N–H and O–H groups in total. The molecule has 108 valence electrons. The van der Waals surface area contributed by atoms with Gasteiger partial charge in [0.05, 0.1) is 23.6 Å². The summed E-state index contributed by atoms with van der Waals surface area (Å²) in [6.07, 6.45) is 0.102. The third-order valence-corrected chi connectivity index (χ3v) is 4.24. The van der Waals surface area contributed by atoms with Gasteiger partial charge in [0.15, 0.2) is 5.78 Å². The van der Waals surface area contributed by atoms with Gasteiger partial charge in [-0.25, -0.2) is 0 Å². The van der Waals surface area contributed by atoms with E-state index in [9.17, 15) is 4.79 Å². The van der Waals surface area contributed by atoms with E-state index in [-0.39, 0.29) is 11.9 Å². The molecule has 0 saturated heterocycles. The Morgan fingerprint density at radius 2 is 2.05 bits per heavy atom. The van der Waals surface area contributed by atoms with Gasteiger partial charge in [-0.05, 0) is 52.7 Å². The normalized spacial score (nSPS) is 17.1. The van der Waals surface area contributed by atoms with Gasteiger partial charge in [-0.3, -0.25) is 4.79 Å². The number of hydrogen-bond acceptors (Lipinski definition) is 3. The maximum atomic E-state index is 12.3. The molecule has 3 nitrogen and oxygen atoms in total. The molecule has 4 heteroatoms. The number of halogens is 1. The lowest BCUT2D eigenvalue weighted by atomic mass is 9.95. The number of carbonyl (C=O) groups is 1. The molecule has 0 radical (unpaired) electrons. The van der Waals surface area contributed by atoms with Gasteiger partial charge in [0, 0.05) is 0 Å². The fourth-order valence-electron chi connectivity index (χ4n) is 2.51. The SMILES string of the molecule is COc1ccc(C2CC(=O)c3cc(C)ccc3O2)cc1Br. The minimum atomic E-state index is -0.255. The van der Waals surface area contributed by atoms with Crippen LogP contribution < -0.4 is 9.47 Å². The molecule has 2 aromatic rings. The van der Waals surface area contributed by atoms with E-state index in [2.05, 4.69) is 15.9 Å². The lowest BCUT2D eigenvalue weighted by molar-refractivity contribution is 0.0850. The molecule has 0 saturated carbocycles. The fourth-order valence-corrected chi connectivity index (χ4v) is 3.06. The maximum absolute atomic E-state index is 12.3. The van der Waals surface area contributed by atoms with Crippen LogP contribution >= 0.6 is 15.9 Å². The lowest BCUT2D eigenvalue weighted by Crippen LogP contribution is -2.20. The van der Waals surface area contributed by atoms with E-state index in [1.807, 2.05) is 43.3 Å².